The molecule has 4 nitrogen and oxygen atoms in total. The Labute approximate surface area is 124 Å². The Kier molecular flexibility index (Phi) is 5.35. The van der Waals surface area contributed by atoms with Crippen LogP contribution in [0.2, 0.25) is 0 Å². The first-order chi connectivity index (χ1) is 10.2. The highest BCUT2D eigenvalue weighted by molar-refractivity contribution is 5.76. The number of hydrogen-bond donors (Lipinski definition) is 2. The van der Waals surface area contributed by atoms with Crippen LogP contribution < -0.4 is 5.32 Å². The van der Waals surface area contributed by atoms with Gasteiger partial charge in [0.05, 0.1) is 12.6 Å². The average Bonchev–Trinajstić information content (AvgIpc) is 2.54. The molecule has 0 aliphatic heterocycles. The molecule has 0 radical (unpaired) electrons. The van der Waals surface area contributed by atoms with Gasteiger partial charge >= 0.3 is 5.97 Å². The molecule has 4 heteroatoms. The van der Waals surface area contributed by atoms with Crippen molar-refractivity contribution in [2.24, 2.45) is 0 Å². The van der Waals surface area contributed by atoms with Crippen LogP contribution >= 0.6 is 0 Å². The molecule has 2 atom stereocenters. The first-order valence-corrected chi connectivity index (χ1v) is 6.93. The number of carbonyl (C=O) groups excluding carboxylic acids is 1. The predicted molar refractivity (Wildman–Crippen MR) is 81.9 cm³/mol. The lowest BCUT2D eigenvalue weighted by atomic mass is 10.0. The Morgan fingerprint density at radius 3 is 2.24 bits per heavy atom. The maximum absolute atomic E-state index is 11.8. The zero-order chi connectivity index (χ0) is 15.1. The van der Waals surface area contributed by atoms with Crippen LogP contribution in [0.15, 0.2) is 60.7 Å². The second-order valence-corrected chi connectivity index (χ2v) is 4.60. The van der Waals surface area contributed by atoms with E-state index in [2.05, 4.69) is 5.32 Å². The van der Waals surface area contributed by atoms with E-state index in [9.17, 15) is 9.90 Å². The fourth-order valence-electron chi connectivity index (χ4n) is 2.08. The molecule has 0 aromatic heterocycles. The van der Waals surface area contributed by atoms with Gasteiger partial charge in [-0.15, -0.1) is 0 Å². The predicted octanol–water partition coefficient (Wildman–Crippen LogP) is 2.76. The number of carbonyl (C=O) groups is 1. The molecule has 0 bridgehead atoms. The molecule has 2 rings (SSSR count). The Hall–Kier alpha value is -2.33. The molecule has 2 N–H and O–H groups in total. The summed E-state index contributed by atoms with van der Waals surface area (Å²) in [4.78, 5) is 11.8. The van der Waals surface area contributed by atoms with Crippen molar-refractivity contribution in [3.05, 3.63) is 66.2 Å². The van der Waals surface area contributed by atoms with Crippen molar-refractivity contribution in [1.29, 1.82) is 0 Å². The Balaban J connectivity index is 2.24. The van der Waals surface area contributed by atoms with Crippen LogP contribution in [-0.2, 0) is 9.53 Å². The average molecular weight is 285 g/mol. The lowest BCUT2D eigenvalue weighted by molar-refractivity contribution is -0.153. The Bertz CT molecular complexity index is 557. The third kappa shape index (κ3) is 4.07. The van der Waals surface area contributed by atoms with Crippen LogP contribution in [0.1, 0.15) is 18.5 Å². The number of aliphatic hydroxyl groups is 1. The van der Waals surface area contributed by atoms with Crippen molar-refractivity contribution in [3.8, 4) is 0 Å². The largest absolute Gasteiger partial charge is 0.464 e. The maximum Gasteiger partial charge on any atom is 0.337 e. The molecule has 0 spiro atoms. The molecule has 0 aliphatic carbocycles. The van der Waals surface area contributed by atoms with E-state index in [0.717, 1.165) is 11.3 Å². The zero-order valence-electron chi connectivity index (χ0n) is 11.9. The summed E-state index contributed by atoms with van der Waals surface area (Å²) < 4.78 is 4.91. The molecular weight excluding hydrogens is 266 g/mol. The van der Waals surface area contributed by atoms with Gasteiger partial charge in [0.2, 0.25) is 0 Å². The second kappa shape index (κ2) is 7.45. The third-order valence-electron chi connectivity index (χ3n) is 3.10. The van der Waals surface area contributed by atoms with E-state index in [-0.39, 0.29) is 6.61 Å². The minimum atomic E-state index is -1.27. The molecule has 0 aliphatic rings. The lowest BCUT2D eigenvalue weighted by Gasteiger charge is -2.24. The number of nitrogens with one attached hydrogen (secondary N) is 1. The molecule has 0 saturated heterocycles. The van der Waals surface area contributed by atoms with E-state index < -0.39 is 18.1 Å². The van der Waals surface area contributed by atoms with Crippen molar-refractivity contribution >= 4 is 11.7 Å². The van der Waals surface area contributed by atoms with E-state index in [4.69, 9.17) is 4.74 Å². The van der Waals surface area contributed by atoms with Gasteiger partial charge in [-0.2, -0.15) is 0 Å². The minimum absolute atomic E-state index is 0.239. The third-order valence-corrected chi connectivity index (χ3v) is 3.10. The smallest absolute Gasteiger partial charge is 0.337 e. The summed E-state index contributed by atoms with van der Waals surface area (Å²) in [5.74, 6) is -0.630. The van der Waals surface area contributed by atoms with Crippen molar-refractivity contribution in [1.82, 2.24) is 0 Å². The van der Waals surface area contributed by atoms with Crippen molar-refractivity contribution in [2.45, 2.75) is 19.1 Å². The van der Waals surface area contributed by atoms with E-state index in [1.807, 2.05) is 60.7 Å². The van der Waals surface area contributed by atoms with Crippen molar-refractivity contribution < 1.29 is 14.6 Å². The second-order valence-electron chi connectivity index (χ2n) is 4.60. The van der Waals surface area contributed by atoms with Crippen LogP contribution in [0.4, 0.5) is 5.69 Å². The Morgan fingerprint density at radius 2 is 1.67 bits per heavy atom. The monoisotopic (exact) mass is 285 g/mol. The highest BCUT2D eigenvalue weighted by Crippen LogP contribution is 2.23. The van der Waals surface area contributed by atoms with Gasteiger partial charge in [-0.3, -0.25) is 0 Å². The lowest BCUT2D eigenvalue weighted by Crippen LogP contribution is -2.34. The van der Waals surface area contributed by atoms with Gasteiger partial charge in [0, 0.05) is 5.69 Å². The van der Waals surface area contributed by atoms with Gasteiger partial charge in [-0.1, -0.05) is 48.5 Å². The number of esters is 1. The number of anilines is 1. The summed E-state index contributed by atoms with van der Waals surface area (Å²) >= 11 is 0. The molecular formula is C17H19NO3. The van der Waals surface area contributed by atoms with Gasteiger partial charge < -0.3 is 15.2 Å². The van der Waals surface area contributed by atoms with Crippen molar-refractivity contribution in [3.63, 3.8) is 0 Å². The van der Waals surface area contributed by atoms with Crippen molar-refractivity contribution in [2.75, 3.05) is 11.9 Å². The van der Waals surface area contributed by atoms with Gasteiger partial charge in [-0.05, 0) is 24.6 Å². The highest BCUT2D eigenvalue weighted by Gasteiger charge is 2.28. The standard InChI is InChI=1S/C17H19NO3/c1-2-21-17(20)16(19)15(13-9-5-3-6-10-13)18-14-11-7-4-8-12-14/h3-12,15-16,18-19H,2H2,1H3/t15-,16+/m0/s1. The molecule has 0 heterocycles. The number of rotatable bonds is 6. The number of para-hydroxylation sites is 1. The van der Waals surface area contributed by atoms with Crippen LogP contribution in [-0.4, -0.2) is 23.8 Å². The molecule has 2 aromatic carbocycles. The van der Waals surface area contributed by atoms with E-state index in [1.54, 1.807) is 6.92 Å². The molecule has 21 heavy (non-hydrogen) atoms. The summed E-state index contributed by atoms with van der Waals surface area (Å²) in [7, 11) is 0. The molecule has 110 valence electrons. The first kappa shape index (κ1) is 15.1. The van der Waals surface area contributed by atoms with Gasteiger partial charge in [0.1, 0.15) is 0 Å². The summed E-state index contributed by atoms with van der Waals surface area (Å²) in [6.07, 6.45) is -1.27. The molecule has 0 saturated carbocycles. The molecule has 0 unspecified atom stereocenters. The van der Waals surface area contributed by atoms with Gasteiger partial charge in [-0.25, -0.2) is 4.79 Å². The normalized spacial score (nSPS) is 13.2. The number of ether oxygens (including phenoxy) is 1. The molecule has 0 amide bonds. The van der Waals surface area contributed by atoms with Crippen LogP contribution in [0.5, 0.6) is 0 Å². The van der Waals surface area contributed by atoms with Crippen LogP contribution in [0.3, 0.4) is 0 Å². The number of aliphatic hydroxyl groups excluding tert-OH is 1. The summed E-state index contributed by atoms with van der Waals surface area (Å²) in [6.45, 7) is 1.95. The summed E-state index contributed by atoms with van der Waals surface area (Å²) in [5, 5.41) is 13.5. The SMILES string of the molecule is CCOC(=O)[C@H](O)[C@@H](Nc1ccccc1)c1ccccc1. The Morgan fingerprint density at radius 1 is 1.10 bits per heavy atom. The van der Waals surface area contributed by atoms with E-state index in [1.165, 1.54) is 0 Å². The maximum atomic E-state index is 11.8. The topological polar surface area (TPSA) is 58.6 Å². The van der Waals surface area contributed by atoms with Crippen LogP contribution in [0, 0.1) is 0 Å². The van der Waals surface area contributed by atoms with E-state index >= 15 is 0 Å². The summed E-state index contributed by atoms with van der Waals surface area (Å²) in [6, 6.07) is 18.2. The molecule has 2 aromatic rings. The first-order valence-electron chi connectivity index (χ1n) is 6.93. The zero-order valence-corrected chi connectivity index (χ0v) is 11.9. The van der Waals surface area contributed by atoms with Gasteiger partial charge in [0.25, 0.3) is 0 Å². The summed E-state index contributed by atoms with van der Waals surface area (Å²) in [5.41, 5.74) is 1.65. The molecule has 0 fully saturated rings. The minimum Gasteiger partial charge on any atom is -0.464 e. The highest BCUT2D eigenvalue weighted by atomic mass is 16.5. The quantitative estimate of drug-likeness (QED) is 0.801. The van der Waals surface area contributed by atoms with Gasteiger partial charge in [0.15, 0.2) is 6.10 Å². The fourth-order valence-corrected chi connectivity index (χ4v) is 2.08. The van der Waals surface area contributed by atoms with E-state index in [0.29, 0.717) is 0 Å². The number of hydrogen-bond acceptors (Lipinski definition) is 4. The van der Waals surface area contributed by atoms with Crippen LogP contribution in [0.25, 0.3) is 0 Å². The number of benzene rings is 2. The fraction of sp³-hybridized carbons (Fsp3) is 0.235.